The van der Waals surface area contributed by atoms with Crippen molar-refractivity contribution < 1.29 is 28.6 Å². The van der Waals surface area contributed by atoms with Crippen LogP contribution in [0, 0.1) is 0 Å². The van der Waals surface area contributed by atoms with E-state index in [4.69, 9.17) is 14.2 Å². The summed E-state index contributed by atoms with van der Waals surface area (Å²) in [6, 6.07) is 0. The van der Waals surface area contributed by atoms with Gasteiger partial charge in [-0.3, -0.25) is 14.4 Å². The van der Waals surface area contributed by atoms with Crippen molar-refractivity contribution in [3.63, 3.8) is 0 Å². The van der Waals surface area contributed by atoms with E-state index in [0.29, 0.717) is 19.3 Å². The lowest BCUT2D eigenvalue weighted by atomic mass is 10.0. The number of ether oxygens (including phenoxy) is 3. The third kappa shape index (κ3) is 47.3. The van der Waals surface area contributed by atoms with Gasteiger partial charge in [0.1, 0.15) is 13.2 Å². The van der Waals surface area contributed by atoms with Gasteiger partial charge in [-0.2, -0.15) is 0 Å². The average Bonchev–Trinajstić information content (AvgIpc) is 3.23. The van der Waals surface area contributed by atoms with Gasteiger partial charge in [0, 0.05) is 19.3 Å². The smallest absolute Gasteiger partial charge is 0.306 e. The molecule has 0 N–H and O–H groups in total. The molecule has 0 aromatic carbocycles. The molecule has 1 atom stereocenters. The number of carbonyl (C=O) groups excluding carboxylic acids is 3. The molecule has 0 saturated heterocycles. The zero-order chi connectivity index (χ0) is 43.0. The molecule has 0 saturated carbocycles. The van der Waals surface area contributed by atoms with Crippen LogP contribution in [0.25, 0.3) is 0 Å². The quantitative estimate of drug-likeness (QED) is 0.0345. The lowest BCUT2D eigenvalue weighted by molar-refractivity contribution is -0.167. The molecule has 0 spiro atoms. The van der Waals surface area contributed by atoms with E-state index in [-0.39, 0.29) is 31.1 Å². The second-order valence-corrected chi connectivity index (χ2v) is 18.2. The summed E-state index contributed by atoms with van der Waals surface area (Å²) in [5.41, 5.74) is 0. The summed E-state index contributed by atoms with van der Waals surface area (Å²) < 4.78 is 16.7. The normalized spacial score (nSPS) is 11.8. The van der Waals surface area contributed by atoms with E-state index in [2.05, 4.69) is 20.8 Å². The zero-order valence-corrected chi connectivity index (χ0v) is 40.1. The standard InChI is InChI=1S/C53H102O6/c1-4-7-10-13-16-19-21-22-23-24-25-26-27-28-29-30-31-33-34-37-40-43-46-52(55)58-49-50(48-57-51(54)45-42-39-36-18-15-12-9-6-3)59-53(56)47-44-41-38-35-32-20-17-14-11-8-5-2/h50H,4-49H2,1-3H3. The minimum absolute atomic E-state index is 0.0623. The molecule has 1 unspecified atom stereocenters. The Labute approximate surface area is 368 Å². The Morgan fingerprint density at radius 2 is 0.458 bits per heavy atom. The lowest BCUT2D eigenvalue weighted by Gasteiger charge is -2.18. The second-order valence-electron chi connectivity index (χ2n) is 18.2. The Hall–Kier alpha value is -1.59. The van der Waals surface area contributed by atoms with Crippen LogP contribution < -0.4 is 0 Å². The Morgan fingerprint density at radius 1 is 0.271 bits per heavy atom. The van der Waals surface area contributed by atoms with E-state index >= 15 is 0 Å². The van der Waals surface area contributed by atoms with Crippen LogP contribution in [-0.4, -0.2) is 37.2 Å². The minimum Gasteiger partial charge on any atom is -0.462 e. The van der Waals surface area contributed by atoms with E-state index in [1.807, 2.05) is 0 Å². The predicted octanol–water partition coefficient (Wildman–Crippen LogP) is 17.2. The number of rotatable bonds is 49. The van der Waals surface area contributed by atoms with Crippen LogP contribution in [-0.2, 0) is 28.6 Å². The summed E-state index contributed by atoms with van der Waals surface area (Å²) in [6.45, 7) is 6.65. The van der Waals surface area contributed by atoms with Gasteiger partial charge in [0.2, 0.25) is 0 Å². The highest BCUT2D eigenvalue weighted by molar-refractivity contribution is 5.71. The molecular weight excluding hydrogens is 733 g/mol. The summed E-state index contributed by atoms with van der Waals surface area (Å²) in [6.07, 6.45) is 52.5. The van der Waals surface area contributed by atoms with Crippen molar-refractivity contribution in [2.45, 2.75) is 309 Å². The fraction of sp³-hybridized carbons (Fsp3) is 0.943. The summed E-state index contributed by atoms with van der Waals surface area (Å²) in [5.74, 6) is -0.848. The molecule has 0 aliphatic rings. The summed E-state index contributed by atoms with van der Waals surface area (Å²) in [4.78, 5) is 37.8. The maximum atomic E-state index is 12.7. The number of carbonyl (C=O) groups is 3. The highest BCUT2D eigenvalue weighted by Gasteiger charge is 2.19. The van der Waals surface area contributed by atoms with Crippen molar-refractivity contribution >= 4 is 17.9 Å². The Bertz CT molecular complexity index is 874. The van der Waals surface area contributed by atoms with E-state index in [1.54, 1.807) is 0 Å². The third-order valence-electron chi connectivity index (χ3n) is 12.1. The van der Waals surface area contributed by atoms with Crippen molar-refractivity contribution in [3.8, 4) is 0 Å². The largest absolute Gasteiger partial charge is 0.462 e. The molecule has 0 rings (SSSR count). The van der Waals surface area contributed by atoms with Gasteiger partial charge < -0.3 is 14.2 Å². The molecule has 0 radical (unpaired) electrons. The molecule has 59 heavy (non-hydrogen) atoms. The van der Waals surface area contributed by atoms with E-state index in [9.17, 15) is 14.4 Å². The van der Waals surface area contributed by atoms with Crippen molar-refractivity contribution in [2.75, 3.05) is 13.2 Å². The average molecular weight is 835 g/mol. The highest BCUT2D eigenvalue weighted by atomic mass is 16.6. The monoisotopic (exact) mass is 835 g/mol. The molecule has 6 nitrogen and oxygen atoms in total. The van der Waals surface area contributed by atoms with Gasteiger partial charge in [-0.1, -0.05) is 265 Å². The van der Waals surface area contributed by atoms with Gasteiger partial charge in [-0.05, 0) is 19.3 Å². The molecule has 0 aliphatic heterocycles. The maximum absolute atomic E-state index is 12.7. The molecule has 0 aliphatic carbocycles. The van der Waals surface area contributed by atoms with Crippen LogP contribution in [0.1, 0.15) is 303 Å². The molecule has 0 bridgehead atoms. The van der Waals surface area contributed by atoms with Gasteiger partial charge >= 0.3 is 17.9 Å². The molecule has 0 heterocycles. The molecule has 0 aromatic rings. The third-order valence-corrected chi connectivity index (χ3v) is 12.1. The van der Waals surface area contributed by atoms with Crippen molar-refractivity contribution in [3.05, 3.63) is 0 Å². The fourth-order valence-corrected chi connectivity index (χ4v) is 8.09. The van der Waals surface area contributed by atoms with Crippen LogP contribution in [0.3, 0.4) is 0 Å². The summed E-state index contributed by atoms with van der Waals surface area (Å²) in [5, 5.41) is 0. The molecule has 0 aromatic heterocycles. The Morgan fingerprint density at radius 3 is 0.678 bits per heavy atom. The lowest BCUT2D eigenvalue weighted by Crippen LogP contribution is -2.30. The zero-order valence-electron chi connectivity index (χ0n) is 40.1. The van der Waals surface area contributed by atoms with Crippen LogP contribution >= 0.6 is 0 Å². The van der Waals surface area contributed by atoms with Crippen molar-refractivity contribution in [1.29, 1.82) is 0 Å². The number of hydrogen-bond donors (Lipinski definition) is 0. The van der Waals surface area contributed by atoms with E-state index in [1.165, 1.54) is 205 Å². The fourth-order valence-electron chi connectivity index (χ4n) is 8.09. The van der Waals surface area contributed by atoms with Crippen LogP contribution in [0.4, 0.5) is 0 Å². The number of unbranched alkanes of at least 4 members (excludes halogenated alkanes) is 38. The van der Waals surface area contributed by atoms with Crippen molar-refractivity contribution in [2.24, 2.45) is 0 Å². The molecule has 350 valence electrons. The van der Waals surface area contributed by atoms with Gasteiger partial charge in [-0.25, -0.2) is 0 Å². The van der Waals surface area contributed by atoms with Gasteiger partial charge in [0.05, 0.1) is 0 Å². The SMILES string of the molecule is CCCCCCCCCCCCCCCCCCCCCCCCC(=O)OCC(COC(=O)CCCCCCCCCC)OC(=O)CCCCCCCCCCCCC. The van der Waals surface area contributed by atoms with Gasteiger partial charge in [0.15, 0.2) is 6.10 Å². The molecule has 6 heteroatoms. The van der Waals surface area contributed by atoms with Gasteiger partial charge in [-0.15, -0.1) is 0 Å². The number of hydrogen-bond acceptors (Lipinski definition) is 6. The topological polar surface area (TPSA) is 78.9 Å². The molecular formula is C53H102O6. The predicted molar refractivity (Wildman–Crippen MR) is 252 cm³/mol. The van der Waals surface area contributed by atoms with E-state index < -0.39 is 6.10 Å². The first kappa shape index (κ1) is 57.4. The summed E-state index contributed by atoms with van der Waals surface area (Å²) >= 11 is 0. The molecule has 0 fully saturated rings. The van der Waals surface area contributed by atoms with E-state index in [0.717, 1.165) is 57.8 Å². The Kier molecular flexibility index (Phi) is 47.7. The van der Waals surface area contributed by atoms with Crippen LogP contribution in [0.5, 0.6) is 0 Å². The Balaban J connectivity index is 4.10. The highest BCUT2D eigenvalue weighted by Crippen LogP contribution is 2.17. The van der Waals surface area contributed by atoms with Gasteiger partial charge in [0.25, 0.3) is 0 Å². The van der Waals surface area contributed by atoms with Crippen LogP contribution in [0.15, 0.2) is 0 Å². The first-order chi connectivity index (χ1) is 29.0. The second kappa shape index (κ2) is 49.1. The minimum atomic E-state index is -0.758. The van der Waals surface area contributed by atoms with Crippen molar-refractivity contribution in [1.82, 2.24) is 0 Å². The summed E-state index contributed by atoms with van der Waals surface area (Å²) in [7, 11) is 0. The van der Waals surface area contributed by atoms with Crippen LogP contribution in [0.2, 0.25) is 0 Å². The first-order valence-corrected chi connectivity index (χ1v) is 26.5. The molecule has 0 amide bonds. The first-order valence-electron chi connectivity index (χ1n) is 26.5. The maximum Gasteiger partial charge on any atom is 0.306 e. The number of esters is 3.